The molecule has 1 saturated carbocycles. The highest BCUT2D eigenvalue weighted by atomic mass is 32.1. The van der Waals surface area contributed by atoms with Crippen LogP contribution in [0.3, 0.4) is 0 Å². The number of rotatable bonds is 3. The average molecular weight is 404 g/mol. The first-order valence-electron chi connectivity index (χ1n) is 11.3. The van der Waals surface area contributed by atoms with Crippen LogP contribution in [0.5, 0.6) is 0 Å². The zero-order valence-electron chi connectivity index (χ0n) is 16.9. The number of nitrogens with zero attached hydrogens (tertiary/aromatic N) is 4. The van der Waals surface area contributed by atoms with Crippen LogP contribution >= 0.6 is 11.3 Å². The fourth-order valence-electron chi connectivity index (χ4n) is 5.34. The van der Waals surface area contributed by atoms with Gasteiger partial charge in [-0.1, -0.05) is 19.3 Å². The summed E-state index contributed by atoms with van der Waals surface area (Å²) in [5.41, 5.74) is 1.21. The molecule has 7 heteroatoms. The Kier molecular flexibility index (Phi) is 5.57. The normalized spacial score (nSPS) is 25.4. The summed E-state index contributed by atoms with van der Waals surface area (Å²) in [4.78, 5) is 25.8. The SMILES string of the molecule is O=C(Nc1nc2c(s1)CCCC2)N1CC(N2CCN(C3CCCCC3)CC2)C1. The maximum Gasteiger partial charge on any atom is 0.323 e. The van der Waals surface area contributed by atoms with E-state index in [0.29, 0.717) is 6.04 Å². The molecular formula is C21H33N5OS. The highest BCUT2D eigenvalue weighted by molar-refractivity contribution is 7.15. The number of anilines is 1. The van der Waals surface area contributed by atoms with Gasteiger partial charge >= 0.3 is 6.03 Å². The van der Waals surface area contributed by atoms with Gasteiger partial charge in [0.25, 0.3) is 0 Å². The summed E-state index contributed by atoms with van der Waals surface area (Å²) in [6.45, 7) is 6.46. The van der Waals surface area contributed by atoms with E-state index in [1.54, 1.807) is 11.3 Å². The molecule has 1 N–H and O–H groups in total. The summed E-state index contributed by atoms with van der Waals surface area (Å²) in [6, 6.07) is 1.41. The van der Waals surface area contributed by atoms with Crippen molar-refractivity contribution >= 4 is 22.5 Å². The van der Waals surface area contributed by atoms with Gasteiger partial charge in [0.15, 0.2) is 5.13 Å². The molecule has 2 aliphatic carbocycles. The summed E-state index contributed by atoms with van der Waals surface area (Å²) >= 11 is 1.67. The summed E-state index contributed by atoms with van der Waals surface area (Å²) in [5.74, 6) is 0. The minimum Gasteiger partial charge on any atom is -0.321 e. The standard InChI is InChI=1S/C21H33N5OS/c27-21(23-20-22-18-8-4-5-9-19(18)28-20)26-14-17(15-26)25-12-10-24(11-13-25)16-6-2-1-3-7-16/h16-17H,1-15H2,(H,22,23,27). The van der Waals surface area contributed by atoms with Crippen molar-refractivity contribution in [2.24, 2.45) is 0 Å². The van der Waals surface area contributed by atoms with E-state index in [0.717, 1.165) is 50.2 Å². The first-order valence-corrected chi connectivity index (χ1v) is 12.1. The van der Waals surface area contributed by atoms with Crippen molar-refractivity contribution in [2.75, 3.05) is 44.6 Å². The number of fused-ring (bicyclic) bond motifs is 1. The Morgan fingerprint density at radius 2 is 1.57 bits per heavy atom. The molecular weight excluding hydrogens is 370 g/mol. The Hall–Kier alpha value is -1.18. The topological polar surface area (TPSA) is 51.7 Å². The van der Waals surface area contributed by atoms with E-state index in [1.165, 1.54) is 68.6 Å². The Labute approximate surface area is 172 Å². The molecule has 1 aromatic rings. The number of amides is 2. The van der Waals surface area contributed by atoms with Crippen LogP contribution in [-0.2, 0) is 12.8 Å². The number of thiazole rings is 1. The second-order valence-electron chi connectivity index (χ2n) is 8.95. The van der Waals surface area contributed by atoms with Gasteiger partial charge in [-0.15, -0.1) is 11.3 Å². The lowest BCUT2D eigenvalue weighted by Gasteiger charge is -2.49. The minimum absolute atomic E-state index is 0.0307. The van der Waals surface area contributed by atoms with Crippen molar-refractivity contribution in [3.63, 3.8) is 0 Å². The summed E-state index contributed by atoms with van der Waals surface area (Å²) in [6.07, 6.45) is 11.7. The van der Waals surface area contributed by atoms with Crippen molar-refractivity contribution in [1.82, 2.24) is 19.7 Å². The second-order valence-corrected chi connectivity index (χ2v) is 10.0. The van der Waals surface area contributed by atoms with E-state index >= 15 is 0 Å². The Morgan fingerprint density at radius 3 is 2.29 bits per heavy atom. The number of likely N-dealkylation sites (tertiary alicyclic amines) is 1. The largest absolute Gasteiger partial charge is 0.323 e. The molecule has 4 aliphatic rings. The van der Waals surface area contributed by atoms with E-state index in [4.69, 9.17) is 0 Å². The first kappa shape index (κ1) is 18.8. The molecule has 2 aliphatic heterocycles. The summed E-state index contributed by atoms with van der Waals surface area (Å²) in [7, 11) is 0. The van der Waals surface area contributed by atoms with E-state index in [2.05, 4.69) is 20.1 Å². The molecule has 0 aromatic carbocycles. The Bertz CT molecular complexity index is 663. The van der Waals surface area contributed by atoms with Crippen LogP contribution in [0.25, 0.3) is 0 Å². The molecule has 28 heavy (non-hydrogen) atoms. The third kappa shape index (κ3) is 3.94. The number of piperazine rings is 1. The molecule has 1 aromatic heterocycles. The van der Waals surface area contributed by atoms with E-state index in [9.17, 15) is 4.79 Å². The van der Waals surface area contributed by atoms with Gasteiger partial charge in [-0.2, -0.15) is 0 Å². The van der Waals surface area contributed by atoms with Crippen LogP contribution in [-0.4, -0.2) is 77.1 Å². The molecule has 3 fully saturated rings. The maximum atomic E-state index is 12.5. The Balaban J connectivity index is 1.06. The van der Waals surface area contributed by atoms with Gasteiger partial charge in [0, 0.05) is 56.2 Å². The molecule has 5 rings (SSSR count). The van der Waals surface area contributed by atoms with Crippen LogP contribution in [0, 0.1) is 0 Å². The van der Waals surface area contributed by atoms with Gasteiger partial charge < -0.3 is 4.90 Å². The van der Waals surface area contributed by atoms with E-state index in [1.807, 2.05) is 4.90 Å². The number of nitrogens with one attached hydrogen (secondary N) is 1. The maximum absolute atomic E-state index is 12.5. The lowest BCUT2D eigenvalue weighted by atomic mass is 9.93. The quantitative estimate of drug-likeness (QED) is 0.842. The number of hydrogen-bond donors (Lipinski definition) is 1. The van der Waals surface area contributed by atoms with Gasteiger partial charge in [0.1, 0.15) is 0 Å². The third-order valence-electron chi connectivity index (χ3n) is 7.17. The van der Waals surface area contributed by atoms with Crippen LogP contribution < -0.4 is 5.32 Å². The molecule has 3 heterocycles. The van der Waals surface area contributed by atoms with Gasteiger partial charge in [0.2, 0.25) is 0 Å². The van der Waals surface area contributed by atoms with Crippen molar-refractivity contribution in [1.29, 1.82) is 0 Å². The molecule has 0 atom stereocenters. The summed E-state index contributed by atoms with van der Waals surface area (Å²) < 4.78 is 0. The molecule has 2 saturated heterocycles. The van der Waals surface area contributed by atoms with Gasteiger partial charge in [0.05, 0.1) is 5.69 Å². The molecule has 154 valence electrons. The Morgan fingerprint density at radius 1 is 0.893 bits per heavy atom. The first-order chi connectivity index (χ1) is 13.8. The number of aromatic nitrogens is 1. The number of carbonyl (C=O) groups is 1. The molecule has 2 amide bonds. The number of urea groups is 1. The van der Waals surface area contributed by atoms with E-state index in [-0.39, 0.29) is 6.03 Å². The van der Waals surface area contributed by atoms with Crippen LogP contribution in [0.4, 0.5) is 9.93 Å². The fraction of sp³-hybridized carbons (Fsp3) is 0.810. The monoisotopic (exact) mass is 403 g/mol. The third-order valence-corrected chi connectivity index (χ3v) is 8.24. The smallest absolute Gasteiger partial charge is 0.321 e. The lowest BCUT2D eigenvalue weighted by molar-refractivity contribution is 0.00969. The predicted molar refractivity (Wildman–Crippen MR) is 113 cm³/mol. The van der Waals surface area contributed by atoms with Gasteiger partial charge in [-0.05, 0) is 38.5 Å². The molecule has 0 unspecified atom stereocenters. The predicted octanol–water partition coefficient (Wildman–Crippen LogP) is 3.19. The van der Waals surface area contributed by atoms with Crippen LogP contribution in [0.2, 0.25) is 0 Å². The number of carbonyl (C=O) groups excluding carboxylic acids is 1. The van der Waals surface area contributed by atoms with Crippen LogP contribution in [0.15, 0.2) is 0 Å². The lowest BCUT2D eigenvalue weighted by Crippen LogP contribution is -2.65. The highest BCUT2D eigenvalue weighted by Crippen LogP contribution is 2.30. The zero-order valence-corrected chi connectivity index (χ0v) is 17.7. The average Bonchev–Trinajstić information content (AvgIpc) is 3.10. The van der Waals surface area contributed by atoms with Crippen molar-refractivity contribution in [3.05, 3.63) is 10.6 Å². The zero-order chi connectivity index (χ0) is 18.9. The van der Waals surface area contributed by atoms with Crippen molar-refractivity contribution < 1.29 is 4.79 Å². The van der Waals surface area contributed by atoms with Crippen LogP contribution in [0.1, 0.15) is 55.5 Å². The van der Waals surface area contributed by atoms with E-state index < -0.39 is 0 Å². The highest BCUT2D eigenvalue weighted by Gasteiger charge is 2.37. The van der Waals surface area contributed by atoms with Crippen molar-refractivity contribution in [2.45, 2.75) is 69.9 Å². The van der Waals surface area contributed by atoms with Gasteiger partial charge in [-0.3, -0.25) is 15.1 Å². The summed E-state index contributed by atoms with van der Waals surface area (Å²) in [5, 5.41) is 3.84. The van der Waals surface area contributed by atoms with Crippen molar-refractivity contribution in [3.8, 4) is 0 Å². The second kappa shape index (κ2) is 8.28. The minimum atomic E-state index is 0.0307. The number of aryl methyl sites for hydroxylation is 2. The number of hydrogen-bond acceptors (Lipinski definition) is 5. The molecule has 6 nitrogen and oxygen atoms in total. The molecule has 0 radical (unpaired) electrons. The molecule has 0 spiro atoms. The fourth-order valence-corrected chi connectivity index (χ4v) is 6.38. The molecule has 0 bridgehead atoms. The van der Waals surface area contributed by atoms with Gasteiger partial charge in [-0.25, -0.2) is 9.78 Å².